The van der Waals surface area contributed by atoms with Crippen molar-refractivity contribution in [1.29, 1.82) is 0 Å². The van der Waals surface area contributed by atoms with E-state index in [0.717, 1.165) is 11.1 Å². The van der Waals surface area contributed by atoms with Crippen LogP contribution in [0.3, 0.4) is 0 Å². The van der Waals surface area contributed by atoms with E-state index < -0.39 is 15.6 Å². The van der Waals surface area contributed by atoms with Crippen molar-refractivity contribution in [1.82, 2.24) is 10.0 Å². The predicted molar refractivity (Wildman–Crippen MR) is 113 cm³/mol. The summed E-state index contributed by atoms with van der Waals surface area (Å²) < 4.78 is 28.0. The second kappa shape index (κ2) is 8.90. The van der Waals surface area contributed by atoms with E-state index in [2.05, 4.69) is 10.0 Å². The van der Waals surface area contributed by atoms with E-state index >= 15 is 0 Å². The first-order valence-electron chi connectivity index (χ1n) is 8.82. The van der Waals surface area contributed by atoms with E-state index in [9.17, 15) is 13.2 Å². The molecule has 0 radical (unpaired) electrons. The van der Waals surface area contributed by atoms with Crippen molar-refractivity contribution in [3.8, 4) is 0 Å². The molecule has 0 aliphatic rings. The minimum Gasteiger partial charge on any atom is -0.348 e. The molecule has 2 N–H and O–H groups in total. The van der Waals surface area contributed by atoms with Gasteiger partial charge in [-0.05, 0) is 56.5 Å². The smallest absolute Gasteiger partial charge is 0.244 e. The van der Waals surface area contributed by atoms with E-state index in [-0.39, 0.29) is 17.3 Å². The Morgan fingerprint density at radius 2 is 1.68 bits per heavy atom. The van der Waals surface area contributed by atoms with Gasteiger partial charge in [-0.2, -0.15) is 0 Å². The molecule has 0 fully saturated rings. The number of benzene rings is 2. The third-order valence-corrected chi connectivity index (χ3v) is 5.99. The van der Waals surface area contributed by atoms with Crippen LogP contribution in [0.1, 0.15) is 38.8 Å². The number of amides is 1. The molecule has 2 aromatic rings. The van der Waals surface area contributed by atoms with Crippen LogP contribution in [0.4, 0.5) is 0 Å². The zero-order valence-electron chi connectivity index (χ0n) is 16.4. The Morgan fingerprint density at radius 3 is 2.32 bits per heavy atom. The normalized spacial score (nSPS) is 12.7. The molecule has 0 saturated carbocycles. The molecule has 0 aliphatic heterocycles. The first-order chi connectivity index (χ1) is 13.0. The third-order valence-electron chi connectivity index (χ3n) is 3.80. The Balaban J connectivity index is 2.16. The van der Waals surface area contributed by atoms with Gasteiger partial charge in [-0.1, -0.05) is 48.0 Å². The summed E-state index contributed by atoms with van der Waals surface area (Å²) in [4.78, 5) is 12.5. The molecular formula is C21H25ClN2O3S. The monoisotopic (exact) mass is 420 g/mol. The Hall–Kier alpha value is -2.15. The summed E-state index contributed by atoms with van der Waals surface area (Å²) in [6.45, 7) is 7.21. The summed E-state index contributed by atoms with van der Waals surface area (Å²) in [5, 5.41) is 3.31. The Bertz CT molecular complexity index is 993. The van der Waals surface area contributed by atoms with Gasteiger partial charge in [0.2, 0.25) is 15.9 Å². The lowest BCUT2D eigenvalue weighted by Gasteiger charge is -2.21. The summed E-state index contributed by atoms with van der Waals surface area (Å²) in [6.07, 6.45) is 1.45. The quantitative estimate of drug-likeness (QED) is 0.689. The molecule has 0 spiro atoms. The van der Waals surface area contributed by atoms with Crippen LogP contribution < -0.4 is 10.0 Å². The molecule has 0 saturated heterocycles. The molecule has 0 heterocycles. The van der Waals surface area contributed by atoms with E-state index in [4.69, 9.17) is 11.6 Å². The van der Waals surface area contributed by atoms with Gasteiger partial charge < -0.3 is 5.32 Å². The highest BCUT2D eigenvalue weighted by atomic mass is 35.5. The Morgan fingerprint density at radius 1 is 1.07 bits per heavy atom. The molecule has 1 amide bonds. The highest BCUT2D eigenvalue weighted by molar-refractivity contribution is 7.89. The van der Waals surface area contributed by atoms with Crippen LogP contribution >= 0.6 is 11.6 Å². The maximum Gasteiger partial charge on any atom is 0.244 e. The zero-order valence-corrected chi connectivity index (χ0v) is 18.0. The lowest BCUT2D eigenvalue weighted by atomic mass is 10.1. The molecular weight excluding hydrogens is 396 g/mol. The second-order valence-electron chi connectivity index (χ2n) is 7.49. The van der Waals surface area contributed by atoms with Gasteiger partial charge in [0.25, 0.3) is 0 Å². The first-order valence-corrected chi connectivity index (χ1v) is 10.7. The third kappa shape index (κ3) is 6.19. The van der Waals surface area contributed by atoms with Crippen LogP contribution in [0.5, 0.6) is 0 Å². The van der Waals surface area contributed by atoms with Crippen LogP contribution in [0.2, 0.25) is 5.02 Å². The van der Waals surface area contributed by atoms with Crippen molar-refractivity contribution in [2.24, 2.45) is 0 Å². The molecule has 0 bridgehead atoms. The summed E-state index contributed by atoms with van der Waals surface area (Å²) in [5.41, 5.74) is 1.40. The second-order valence-corrected chi connectivity index (χ2v) is 9.55. The number of carbonyl (C=O) groups excluding carboxylic acids is 1. The van der Waals surface area contributed by atoms with Gasteiger partial charge in [-0.25, -0.2) is 13.1 Å². The SMILES string of the molecule is CC(=CC(=O)NCc1ccccc1S(=O)(=O)NC(C)(C)C)c1ccccc1Cl. The summed E-state index contributed by atoms with van der Waals surface area (Å²) >= 11 is 6.15. The molecule has 0 atom stereocenters. The van der Waals surface area contributed by atoms with Crippen LogP contribution in [0, 0.1) is 0 Å². The van der Waals surface area contributed by atoms with E-state index in [0.29, 0.717) is 10.6 Å². The lowest BCUT2D eigenvalue weighted by Crippen LogP contribution is -2.41. The highest BCUT2D eigenvalue weighted by Crippen LogP contribution is 2.23. The van der Waals surface area contributed by atoms with Gasteiger partial charge in [0.15, 0.2) is 0 Å². The number of hydrogen-bond acceptors (Lipinski definition) is 3. The maximum atomic E-state index is 12.7. The molecule has 28 heavy (non-hydrogen) atoms. The molecule has 5 nitrogen and oxygen atoms in total. The fourth-order valence-electron chi connectivity index (χ4n) is 2.66. The molecule has 7 heteroatoms. The largest absolute Gasteiger partial charge is 0.348 e. The minimum atomic E-state index is -3.70. The Kier molecular flexibility index (Phi) is 7.04. The number of nitrogens with one attached hydrogen (secondary N) is 2. The number of rotatable bonds is 6. The van der Waals surface area contributed by atoms with Crippen molar-refractivity contribution < 1.29 is 13.2 Å². The standard InChI is InChI=1S/C21H25ClN2O3S/c1-15(17-10-6-7-11-18(17)22)13-20(25)23-14-16-9-5-8-12-19(16)28(26,27)24-21(2,3)4/h5-13,24H,14H2,1-4H3,(H,23,25). The van der Waals surface area contributed by atoms with Crippen molar-refractivity contribution in [3.05, 3.63) is 70.8 Å². The fraction of sp³-hybridized carbons (Fsp3) is 0.286. The van der Waals surface area contributed by atoms with Crippen LogP contribution in [-0.4, -0.2) is 19.9 Å². The van der Waals surface area contributed by atoms with Crippen molar-refractivity contribution in [2.45, 2.75) is 44.7 Å². The number of halogens is 1. The lowest BCUT2D eigenvalue weighted by molar-refractivity contribution is -0.116. The molecule has 0 aliphatic carbocycles. The zero-order chi connectivity index (χ0) is 20.9. The maximum absolute atomic E-state index is 12.7. The first kappa shape index (κ1) is 22.1. The fourth-order valence-corrected chi connectivity index (χ4v) is 4.60. The van der Waals surface area contributed by atoms with E-state index in [1.54, 1.807) is 52.0 Å². The van der Waals surface area contributed by atoms with Gasteiger partial charge >= 0.3 is 0 Å². The highest BCUT2D eigenvalue weighted by Gasteiger charge is 2.24. The minimum absolute atomic E-state index is 0.0896. The number of allylic oxidation sites excluding steroid dienone is 1. The van der Waals surface area contributed by atoms with Crippen LogP contribution in [0.15, 0.2) is 59.5 Å². The van der Waals surface area contributed by atoms with Crippen LogP contribution in [0.25, 0.3) is 5.57 Å². The van der Waals surface area contributed by atoms with Gasteiger partial charge in [0, 0.05) is 23.2 Å². The van der Waals surface area contributed by atoms with Crippen molar-refractivity contribution in [2.75, 3.05) is 0 Å². The summed E-state index contributed by atoms with van der Waals surface area (Å²) in [7, 11) is -3.70. The van der Waals surface area contributed by atoms with Gasteiger partial charge in [0.1, 0.15) is 0 Å². The number of carbonyl (C=O) groups is 1. The average molecular weight is 421 g/mol. The predicted octanol–water partition coefficient (Wildman–Crippen LogP) is 4.14. The summed E-state index contributed by atoms with van der Waals surface area (Å²) in [5.74, 6) is -0.326. The average Bonchev–Trinajstić information content (AvgIpc) is 2.58. The van der Waals surface area contributed by atoms with Crippen molar-refractivity contribution >= 4 is 33.1 Å². The Labute approximate surface area is 171 Å². The number of hydrogen-bond donors (Lipinski definition) is 2. The van der Waals surface area contributed by atoms with Crippen LogP contribution in [-0.2, 0) is 21.4 Å². The van der Waals surface area contributed by atoms with E-state index in [1.807, 2.05) is 18.2 Å². The van der Waals surface area contributed by atoms with Gasteiger partial charge in [0.05, 0.1) is 4.90 Å². The van der Waals surface area contributed by atoms with Crippen molar-refractivity contribution in [3.63, 3.8) is 0 Å². The molecule has 0 unspecified atom stereocenters. The van der Waals surface area contributed by atoms with E-state index in [1.165, 1.54) is 12.1 Å². The molecule has 2 rings (SSSR count). The molecule has 150 valence electrons. The van der Waals surface area contributed by atoms with Gasteiger partial charge in [-0.3, -0.25) is 4.79 Å². The summed E-state index contributed by atoms with van der Waals surface area (Å²) in [6, 6.07) is 13.9. The molecule has 2 aromatic carbocycles. The molecule has 0 aromatic heterocycles. The number of sulfonamides is 1. The van der Waals surface area contributed by atoms with Gasteiger partial charge in [-0.15, -0.1) is 0 Å². The topological polar surface area (TPSA) is 75.3 Å².